The number of H-pyrrole nitrogens is 1. The first-order valence-corrected chi connectivity index (χ1v) is 6.55. The molecule has 0 aliphatic heterocycles. The average Bonchev–Trinajstić information content (AvgIpc) is 2.85. The van der Waals surface area contributed by atoms with Gasteiger partial charge < -0.3 is 5.73 Å². The number of aromatic amines is 1. The average molecular weight is 285 g/mol. The lowest BCUT2D eigenvalue weighted by Crippen LogP contribution is -1.89. The molecular weight excluding hydrogens is 272 g/mol. The quantitative estimate of drug-likeness (QED) is 0.754. The number of nitrogens with zero attached hydrogens (tertiary/aromatic N) is 2. The Balaban J connectivity index is 2.18. The van der Waals surface area contributed by atoms with Gasteiger partial charge in [-0.1, -0.05) is 23.7 Å². The highest BCUT2D eigenvalue weighted by molar-refractivity contribution is 6.31. The fraction of sp³-hybridized carbons (Fsp3) is 0.0667. The molecule has 3 aromatic rings. The summed E-state index contributed by atoms with van der Waals surface area (Å²) in [4.78, 5) is 4.02. The van der Waals surface area contributed by atoms with Gasteiger partial charge in [-0.2, -0.15) is 5.10 Å². The van der Waals surface area contributed by atoms with Crippen LogP contribution in [0, 0.1) is 6.92 Å². The number of aryl methyl sites for hydroxylation is 1. The Kier molecular flexibility index (Phi) is 3.16. The van der Waals surface area contributed by atoms with Crippen LogP contribution in [0.4, 0.5) is 5.82 Å². The van der Waals surface area contributed by atoms with Crippen molar-refractivity contribution in [3.05, 3.63) is 53.3 Å². The third-order valence-electron chi connectivity index (χ3n) is 3.22. The number of pyridine rings is 1. The summed E-state index contributed by atoms with van der Waals surface area (Å²) in [6.07, 6.45) is 3.46. The van der Waals surface area contributed by atoms with Crippen molar-refractivity contribution in [3.63, 3.8) is 0 Å². The number of hydrogen-bond acceptors (Lipinski definition) is 3. The molecule has 20 heavy (non-hydrogen) atoms. The molecule has 0 unspecified atom stereocenters. The summed E-state index contributed by atoms with van der Waals surface area (Å²) in [5.74, 6) is 0.461. The fourth-order valence-electron chi connectivity index (χ4n) is 2.12. The van der Waals surface area contributed by atoms with Gasteiger partial charge in [-0.05, 0) is 36.2 Å². The molecule has 3 rings (SSSR count). The molecule has 0 atom stereocenters. The van der Waals surface area contributed by atoms with Gasteiger partial charge in [0.2, 0.25) is 0 Å². The summed E-state index contributed by atoms with van der Waals surface area (Å²) >= 11 is 6.19. The molecule has 100 valence electrons. The predicted molar refractivity (Wildman–Crippen MR) is 81.4 cm³/mol. The van der Waals surface area contributed by atoms with E-state index in [4.69, 9.17) is 17.3 Å². The molecule has 0 saturated carbocycles. The summed E-state index contributed by atoms with van der Waals surface area (Å²) in [6, 6.07) is 9.69. The third kappa shape index (κ3) is 2.14. The minimum absolute atomic E-state index is 0.461. The normalized spacial score (nSPS) is 10.7. The number of aromatic nitrogens is 3. The lowest BCUT2D eigenvalue weighted by molar-refractivity contribution is 1.10. The maximum Gasteiger partial charge on any atom is 0.153 e. The van der Waals surface area contributed by atoms with Crippen LogP contribution in [0.5, 0.6) is 0 Å². The molecule has 0 spiro atoms. The first kappa shape index (κ1) is 12.7. The second kappa shape index (κ2) is 4.98. The van der Waals surface area contributed by atoms with Gasteiger partial charge in [0.1, 0.15) is 0 Å². The third-order valence-corrected chi connectivity index (χ3v) is 3.63. The highest BCUT2D eigenvalue weighted by Gasteiger charge is 2.15. The van der Waals surface area contributed by atoms with Crippen LogP contribution in [-0.4, -0.2) is 15.2 Å². The number of nitrogen functional groups attached to an aromatic ring is 1. The van der Waals surface area contributed by atoms with Crippen molar-refractivity contribution in [1.29, 1.82) is 0 Å². The van der Waals surface area contributed by atoms with Crippen LogP contribution in [-0.2, 0) is 0 Å². The van der Waals surface area contributed by atoms with Gasteiger partial charge in [0.05, 0.1) is 11.3 Å². The van der Waals surface area contributed by atoms with Gasteiger partial charge >= 0.3 is 0 Å². The van der Waals surface area contributed by atoms with Gasteiger partial charge in [0.25, 0.3) is 0 Å². The van der Waals surface area contributed by atoms with E-state index in [0.29, 0.717) is 5.82 Å². The largest absolute Gasteiger partial charge is 0.382 e. The zero-order valence-electron chi connectivity index (χ0n) is 10.9. The number of nitrogens with one attached hydrogen (secondary N) is 1. The Labute approximate surface area is 121 Å². The van der Waals surface area contributed by atoms with Gasteiger partial charge in [0, 0.05) is 23.0 Å². The Bertz CT molecular complexity index is 750. The van der Waals surface area contributed by atoms with Crippen LogP contribution in [0.1, 0.15) is 5.56 Å². The molecule has 4 nitrogen and oxygen atoms in total. The predicted octanol–water partition coefficient (Wildman–Crippen LogP) is 3.68. The summed E-state index contributed by atoms with van der Waals surface area (Å²) in [7, 11) is 0. The highest BCUT2D eigenvalue weighted by Crippen LogP contribution is 2.35. The molecule has 1 aromatic carbocycles. The Morgan fingerprint density at radius 2 is 1.85 bits per heavy atom. The summed E-state index contributed by atoms with van der Waals surface area (Å²) in [5, 5.41) is 7.81. The Hall–Kier alpha value is -2.33. The lowest BCUT2D eigenvalue weighted by atomic mass is 10.0. The molecule has 0 saturated heterocycles. The molecule has 0 radical (unpaired) electrons. The maximum absolute atomic E-state index is 6.19. The van der Waals surface area contributed by atoms with E-state index >= 15 is 0 Å². The molecule has 0 aliphatic carbocycles. The first-order valence-electron chi connectivity index (χ1n) is 6.17. The minimum atomic E-state index is 0.461. The monoisotopic (exact) mass is 284 g/mol. The van der Waals surface area contributed by atoms with Crippen LogP contribution in [0.3, 0.4) is 0 Å². The second-order valence-corrected chi connectivity index (χ2v) is 4.97. The van der Waals surface area contributed by atoms with E-state index < -0.39 is 0 Å². The molecule has 0 fully saturated rings. The SMILES string of the molecule is Cc1ccc(-c2[nH]nc(N)c2-c2ccncc2)cc1Cl. The van der Waals surface area contributed by atoms with E-state index in [1.54, 1.807) is 12.4 Å². The summed E-state index contributed by atoms with van der Waals surface area (Å²) in [5.41, 5.74) is 10.7. The van der Waals surface area contributed by atoms with E-state index in [0.717, 1.165) is 33.0 Å². The second-order valence-electron chi connectivity index (χ2n) is 4.56. The van der Waals surface area contributed by atoms with Crippen LogP contribution in [0.25, 0.3) is 22.4 Å². The van der Waals surface area contributed by atoms with E-state index in [1.807, 2.05) is 37.3 Å². The zero-order chi connectivity index (χ0) is 14.1. The Morgan fingerprint density at radius 1 is 1.10 bits per heavy atom. The molecule has 0 bridgehead atoms. The number of nitrogens with two attached hydrogens (primary N) is 1. The van der Waals surface area contributed by atoms with E-state index in [2.05, 4.69) is 15.2 Å². The molecular formula is C15H13ClN4. The number of anilines is 1. The lowest BCUT2D eigenvalue weighted by Gasteiger charge is -2.06. The van der Waals surface area contributed by atoms with Crippen LogP contribution in [0.2, 0.25) is 5.02 Å². The fourth-order valence-corrected chi connectivity index (χ4v) is 2.30. The number of hydrogen-bond donors (Lipinski definition) is 2. The van der Waals surface area contributed by atoms with Crippen LogP contribution < -0.4 is 5.73 Å². The molecule has 2 aromatic heterocycles. The van der Waals surface area contributed by atoms with Crippen molar-refractivity contribution in [1.82, 2.24) is 15.2 Å². The van der Waals surface area contributed by atoms with E-state index in [1.165, 1.54) is 0 Å². The Morgan fingerprint density at radius 3 is 2.55 bits per heavy atom. The van der Waals surface area contributed by atoms with Gasteiger partial charge in [0.15, 0.2) is 5.82 Å². The van der Waals surface area contributed by atoms with Crippen molar-refractivity contribution in [3.8, 4) is 22.4 Å². The van der Waals surface area contributed by atoms with Gasteiger partial charge in [-0.3, -0.25) is 10.1 Å². The molecule has 2 heterocycles. The zero-order valence-corrected chi connectivity index (χ0v) is 11.6. The van der Waals surface area contributed by atoms with Crippen molar-refractivity contribution >= 4 is 17.4 Å². The van der Waals surface area contributed by atoms with Gasteiger partial charge in [-0.15, -0.1) is 0 Å². The van der Waals surface area contributed by atoms with Crippen molar-refractivity contribution < 1.29 is 0 Å². The number of benzene rings is 1. The molecule has 0 aliphatic rings. The first-order chi connectivity index (χ1) is 9.66. The van der Waals surface area contributed by atoms with Crippen LogP contribution >= 0.6 is 11.6 Å². The molecule has 3 N–H and O–H groups in total. The number of halogens is 1. The highest BCUT2D eigenvalue weighted by atomic mass is 35.5. The van der Waals surface area contributed by atoms with Crippen molar-refractivity contribution in [2.45, 2.75) is 6.92 Å². The summed E-state index contributed by atoms with van der Waals surface area (Å²) in [6.45, 7) is 1.97. The van der Waals surface area contributed by atoms with E-state index in [-0.39, 0.29) is 0 Å². The smallest absolute Gasteiger partial charge is 0.153 e. The van der Waals surface area contributed by atoms with E-state index in [9.17, 15) is 0 Å². The van der Waals surface area contributed by atoms with Crippen molar-refractivity contribution in [2.24, 2.45) is 0 Å². The minimum Gasteiger partial charge on any atom is -0.382 e. The van der Waals surface area contributed by atoms with Gasteiger partial charge in [-0.25, -0.2) is 0 Å². The van der Waals surface area contributed by atoms with Crippen LogP contribution in [0.15, 0.2) is 42.7 Å². The maximum atomic E-state index is 6.19. The summed E-state index contributed by atoms with van der Waals surface area (Å²) < 4.78 is 0. The molecule has 0 amide bonds. The topological polar surface area (TPSA) is 67.6 Å². The molecule has 5 heteroatoms. The standard InChI is InChI=1S/C15H13ClN4/c1-9-2-3-11(8-12(9)16)14-13(15(17)20-19-14)10-4-6-18-7-5-10/h2-8H,1H3,(H3,17,19,20). The van der Waals surface area contributed by atoms with Crippen molar-refractivity contribution in [2.75, 3.05) is 5.73 Å². The number of rotatable bonds is 2.